The van der Waals surface area contributed by atoms with E-state index in [1.807, 2.05) is 33.9 Å². The van der Waals surface area contributed by atoms with Gasteiger partial charge in [-0.2, -0.15) is 14.6 Å². The maximum absolute atomic E-state index is 15.1. The average Bonchev–Trinajstić information content (AvgIpc) is 3.69. The normalized spacial score (nSPS) is 12.4. The molecule has 0 aliphatic heterocycles. The Labute approximate surface area is 291 Å². The summed E-state index contributed by atoms with van der Waals surface area (Å²) >= 11 is 0. The molecule has 5 rings (SSSR count). The van der Waals surface area contributed by atoms with E-state index >= 15 is 4.39 Å². The molecule has 0 aliphatic carbocycles. The molecule has 49 heavy (non-hydrogen) atoms. The number of nitrogens with zero attached hydrogens (tertiary/aromatic N) is 6. The summed E-state index contributed by atoms with van der Waals surface area (Å²) < 4.78 is 43.0. The van der Waals surface area contributed by atoms with Gasteiger partial charge in [0.1, 0.15) is 24.1 Å². The van der Waals surface area contributed by atoms with E-state index in [9.17, 15) is 9.32 Å². The van der Waals surface area contributed by atoms with E-state index in [-0.39, 0.29) is 35.5 Å². The molecule has 2 N–H and O–H groups in total. The second-order valence-electron chi connectivity index (χ2n) is 12.9. The van der Waals surface area contributed by atoms with Crippen molar-refractivity contribution in [2.45, 2.75) is 98.0 Å². The van der Waals surface area contributed by atoms with Crippen LogP contribution in [0.25, 0.3) is 16.9 Å². The fourth-order valence-electron chi connectivity index (χ4n) is 4.14. The number of benzene rings is 2. The van der Waals surface area contributed by atoms with Crippen molar-refractivity contribution in [3.05, 3.63) is 72.6 Å². The van der Waals surface area contributed by atoms with Crippen molar-refractivity contribution < 1.29 is 23.2 Å². The molecule has 3 heterocycles. The molecule has 2 atom stereocenters. The second-order valence-corrected chi connectivity index (χ2v) is 14.3. The van der Waals surface area contributed by atoms with Gasteiger partial charge in [0, 0.05) is 28.2 Å². The minimum atomic E-state index is -1.62. The molecule has 3 aromatic heterocycles. The second kappa shape index (κ2) is 18.5. The first-order valence-corrected chi connectivity index (χ1v) is 17.6. The van der Waals surface area contributed by atoms with Gasteiger partial charge in [0.2, 0.25) is 11.6 Å². The van der Waals surface area contributed by atoms with Crippen molar-refractivity contribution in [1.82, 2.24) is 29.4 Å². The third-order valence-electron chi connectivity index (χ3n) is 6.05. The summed E-state index contributed by atoms with van der Waals surface area (Å²) in [7, 11) is -1.62. The molecule has 13 heteroatoms. The smallest absolute Gasteiger partial charge is 0.247 e. The fourth-order valence-corrected chi connectivity index (χ4v) is 5.28. The lowest BCUT2D eigenvalue weighted by Crippen LogP contribution is -2.10. The molecule has 5 aromatic rings. The number of aliphatic hydroxyl groups is 1. The Morgan fingerprint density at radius 2 is 1.65 bits per heavy atom. The minimum Gasteiger partial charge on any atom is -0.485 e. The van der Waals surface area contributed by atoms with Crippen LogP contribution in [0, 0.1) is 17.7 Å². The highest BCUT2D eigenvalue weighted by Crippen LogP contribution is 2.33. The molecule has 2 aromatic carbocycles. The first kappa shape index (κ1) is 39.2. The monoisotopic (exact) mass is 695 g/mol. The van der Waals surface area contributed by atoms with Crippen LogP contribution >= 0.6 is 0 Å². The van der Waals surface area contributed by atoms with E-state index in [0.717, 1.165) is 11.8 Å². The molecule has 11 nitrogen and oxygen atoms in total. The van der Waals surface area contributed by atoms with Crippen molar-refractivity contribution >= 4 is 28.1 Å². The number of ether oxygens (including phenoxy) is 2. The van der Waals surface area contributed by atoms with Crippen LogP contribution in [0.15, 0.2) is 71.0 Å². The van der Waals surface area contributed by atoms with Crippen molar-refractivity contribution in [2.24, 2.45) is 11.8 Å². The number of hydrogen-bond donors (Lipinski definition) is 2. The summed E-state index contributed by atoms with van der Waals surface area (Å²) in [6.45, 7) is 21.0. The SMILES string of the molecule is CC(C)C.CC(C)C.CCOC(C)n1cc(-c2ncn3nc(Nc4ccc(S(=O)c5cccc(CO)c5)cc4F)nc3c2OC(C)C)cn1. The van der Waals surface area contributed by atoms with Crippen LogP contribution in [0.2, 0.25) is 0 Å². The summed E-state index contributed by atoms with van der Waals surface area (Å²) in [5, 5.41) is 21.0. The van der Waals surface area contributed by atoms with Crippen LogP contribution < -0.4 is 10.1 Å². The number of fused-ring (bicyclic) bond motifs is 1. The Hall–Kier alpha value is -4.20. The fraction of sp³-hybridized carbons (Fsp3) is 0.444. The van der Waals surface area contributed by atoms with Gasteiger partial charge in [-0.15, -0.1) is 5.10 Å². The van der Waals surface area contributed by atoms with Gasteiger partial charge in [0.15, 0.2) is 5.75 Å². The predicted molar refractivity (Wildman–Crippen MR) is 192 cm³/mol. The molecule has 0 amide bonds. The summed E-state index contributed by atoms with van der Waals surface area (Å²) in [6, 6.07) is 11.0. The van der Waals surface area contributed by atoms with Crippen LogP contribution in [0.5, 0.6) is 5.75 Å². The van der Waals surface area contributed by atoms with Crippen LogP contribution in [-0.4, -0.2) is 51.4 Å². The van der Waals surface area contributed by atoms with Gasteiger partial charge in [-0.25, -0.2) is 18.3 Å². The van der Waals surface area contributed by atoms with Gasteiger partial charge in [-0.3, -0.25) is 0 Å². The van der Waals surface area contributed by atoms with Gasteiger partial charge >= 0.3 is 0 Å². The molecular formula is C36H50FN7O4S. The zero-order valence-electron chi connectivity index (χ0n) is 30.1. The number of aliphatic hydroxyl groups excluding tert-OH is 1. The van der Waals surface area contributed by atoms with E-state index in [0.29, 0.717) is 39.7 Å². The highest BCUT2D eigenvalue weighted by molar-refractivity contribution is 7.85. The molecule has 0 saturated carbocycles. The number of aromatic nitrogens is 6. The van der Waals surface area contributed by atoms with Crippen LogP contribution in [0.1, 0.15) is 81.0 Å². The predicted octanol–water partition coefficient (Wildman–Crippen LogP) is 8.20. The molecule has 266 valence electrons. The highest BCUT2D eigenvalue weighted by atomic mass is 32.2. The largest absolute Gasteiger partial charge is 0.485 e. The molecule has 0 fully saturated rings. The first-order valence-electron chi connectivity index (χ1n) is 16.5. The summed E-state index contributed by atoms with van der Waals surface area (Å²) in [5.74, 6) is 1.57. The van der Waals surface area contributed by atoms with Crippen molar-refractivity contribution in [3.63, 3.8) is 0 Å². The maximum Gasteiger partial charge on any atom is 0.247 e. The topological polar surface area (TPSA) is 129 Å². The number of hydrogen-bond acceptors (Lipinski definition) is 9. The number of rotatable bonds is 11. The Balaban J connectivity index is 0.000000734. The Morgan fingerprint density at radius 3 is 2.27 bits per heavy atom. The van der Waals surface area contributed by atoms with Crippen LogP contribution in [0.4, 0.5) is 16.0 Å². The lowest BCUT2D eigenvalue weighted by Gasteiger charge is -2.13. The van der Waals surface area contributed by atoms with E-state index in [2.05, 4.69) is 67.0 Å². The molecule has 0 aliphatic rings. The number of nitrogens with one attached hydrogen (secondary N) is 1. The quantitative estimate of drug-likeness (QED) is 0.141. The molecule has 0 saturated heterocycles. The summed E-state index contributed by atoms with van der Waals surface area (Å²) in [4.78, 5) is 9.86. The van der Waals surface area contributed by atoms with Crippen LogP contribution in [-0.2, 0) is 22.1 Å². The number of halogens is 1. The summed E-state index contributed by atoms with van der Waals surface area (Å²) in [5.41, 5.74) is 2.37. The van der Waals surface area contributed by atoms with E-state index in [1.165, 1.54) is 23.0 Å². The third-order valence-corrected chi connectivity index (χ3v) is 7.41. The molecule has 2 unspecified atom stereocenters. The van der Waals surface area contributed by atoms with Crippen LogP contribution in [0.3, 0.4) is 0 Å². The molecule has 0 radical (unpaired) electrons. The Bertz CT molecular complexity index is 1790. The highest BCUT2D eigenvalue weighted by Gasteiger charge is 2.21. The van der Waals surface area contributed by atoms with Gasteiger partial charge in [0.05, 0.1) is 35.4 Å². The average molecular weight is 696 g/mol. The lowest BCUT2D eigenvalue weighted by molar-refractivity contribution is 0.0160. The zero-order chi connectivity index (χ0) is 36.2. The number of anilines is 2. The van der Waals surface area contributed by atoms with Crippen molar-refractivity contribution in [2.75, 3.05) is 11.9 Å². The van der Waals surface area contributed by atoms with E-state index in [1.54, 1.807) is 41.2 Å². The molecule has 0 bridgehead atoms. The molecule has 0 spiro atoms. The van der Waals surface area contributed by atoms with Gasteiger partial charge < -0.3 is 19.9 Å². The van der Waals surface area contributed by atoms with E-state index < -0.39 is 16.6 Å². The van der Waals surface area contributed by atoms with Gasteiger partial charge in [-0.05, 0) is 75.4 Å². The molecular weight excluding hydrogens is 646 g/mol. The van der Waals surface area contributed by atoms with Gasteiger partial charge in [0.25, 0.3) is 0 Å². The maximum atomic E-state index is 15.1. The van der Waals surface area contributed by atoms with Gasteiger partial charge in [-0.1, -0.05) is 53.7 Å². The lowest BCUT2D eigenvalue weighted by atomic mass is 10.2. The third kappa shape index (κ3) is 11.4. The standard InChI is InChI=1S/C28H30FN7O4S.2C4H10/c1-5-39-18(4)35-14-20(13-31-35)25-26(40-17(2)3)27-33-28(34-36(27)16-30-25)32-24-10-9-22(12-23(24)29)41(38)21-8-6-7-19(11-21)15-37;2*1-4(2)3/h6-14,16-18,37H,5,15H2,1-4H3,(H,32,34);2*4H,1-3H3. The van der Waals surface area contributed by atoms with Crippen molar-refractivity contribution in [1.29, 1.82) is 0 Å². The Kier molecular flexibility index (Phi) is 14.8. The van der Waals surface area contributed by atoms with E-state index in [4.69, 9.17) is 9.47 Å². The minimum absolute atomic E-state index is 0.108. The Morgan fingerprint density at radius 1 is 0.980 bits per heavy atom. The van der Waals surface area contributed by atoms with Crippen molar-refractivity contribution in [3.8, 4) is 17.0 Å². The zero-order valence-corrected chi connectivity index (χ0v) is 31.0. The first-order chi connectivity index (χ1) is 23.2. The summed E-state index contributed by atoms with van der Waals surface area (Å²) in [6.07, 6.45) is 4.57.